The molecule has 0 saturated heterocycles. The summed E-state index contributed by atoms with van der Waals surface area (Å²) in [4.78, 5) is 35.1. The molecule has 0 aliphatic carbocycles. The van der Waals surface area contributed by atoms with E-state index < -0.39 is 24.3 Å². The van der Waals surface area contributed by atoms with Gasteiger partial charge in [-0.25, -0.2) is 9.18 Å². The lowest BCUT2D eigenvalue weighted by atomic mass is 10.1. The van der Waals surface area contributed by atoms with Gasteiger partial charge in [0.2, 0.25) is 0 Å². The van der Waals surface area contributed by atoms with Crippen molar-refractivity contribution in [3.05, 3.63) is 64.4 Å². The first-order valence-electron chi connectivity index (χ1n) is 6.90. The van der Waals surface area contributed by atoms with E-state index >= 15 is 0 Å². The molecule has 0 radical (unpaired) electrons. The lowest BCUT2D eigenvalue weighted by molar-refractivity contribution is -0.119. The minimum Gasteiger partial charge on any atom is -0.452 e. The third kappa shape index (κ3) is 4.39. The van der Waals surface area contributed by atoms with Crippen molar-refractivity contribution in [2.24, 2.45) is 0 Å². The normalized spacial score (nSPS) is 10.1. The van der Waals surface area contributed by atoms with E-state index in [0.717, 1.165) is 12.1 Å². The molecular formula is C17H13ClFNO4. The molecule has 1 N–H and O–H groups in total. The molecule has 5 nitrogen and oxygen atoms in total. The van der Waals surface area contributed by atoms with Crippen LogP contribution in [0.5, 0.6) is 0 Å². The molecular weight excluding hydrogens is 337 g/mol. The van der Waals surface area contributed by atoms with Crippen molar-refractivity contribution in [1.29, 1.82) is 0 Å². The number of hydrogen-bond donors (Lipinski definition) is 1. The van der Waals surface area contributed by atoms with E-state index in [1.165, 1.54) is 13.0 Å². The summed E-state index contributed by atoms with van der Waals surface area (Å²) in [5.41, 5.74) is 0.275. The number of amides is 1. The number of ether oxygens (including phenoxy) is 1. The third-order valence-corrected chi connectivity index (χ3v) is 3.30. The minimum absolute atomic E-state index is 0.170. The zero-order chi connectivity index (χ0) is 17.7. The second kappa shape index (κ2) is 7.70. The summed E-state index contributed by atoms with van der Waals surface area (Å²) in [6, 6.07) is 9.85. The quantitative estimate of drug-likeness (QED) is 0.662. The van der Waals surface area contributed by atoms with Gasteiger partial charge in [0.1, 0.15) is 5.82 Å². The molecule has 2 aromatic carbocycles. The van der Waals surface area contributed by atoms with Crippen LogP contribution in [-0.2, 0) is 9.53 Å². The number of anilines is 1. The standard InChI is InChI=1S/C17H13ClFNO4/c1-10(21)12-4-2-3-5-15(12)20-16(22)9-24-17(23)13-8-11(18)6-7-14(13)19/h2-8H,9H2,1H3,(H,20,22). The highest BCUT2D eigenvalue weighted by atomic mass is 35.5. The maximum absolute atomic E-state index is 13.5. The Morgan fingerprint density at radius 1 is 1.12 bits per heavy atom. The molecule has 0 aromatic heterocycles. The van der Waals surface area contributed by atoms with Crippen LogP contribution in [0.4, 0.5) is 10.1 Å². The number of carbonyl (C=O) groups is 3. The van der Waals surface area contributed by atoms with Crippen molar-refractivity contribution >= 4 is 34.9 Å². The van der Waals surface area contributed by atoms with Crippen LogP contribution in [0.25, 0.3) is 0 Å². The van der Waals surface area contributed by atoms with Gasteiger partial charge in [-0.1, -0.05) is 23.7 Å². The van der Waals surface area contributed by atoms with Gasteiger partial charge in [-0.15, -0.1) is 0 Å². The average Bonchev–Trinajstić information content (AvgIpc) is 2.55. The number of hydrogen-bond acceptors (Lipinski definition) is 4. The SMILES string of the molecule is CC(=O)c1ccccc1NC(=O)COC(=O)c1cc(Cl)ccc1F. The Labute approximate surface area is 142 Å². The molecule has 0 heterocycles. The molecule has 7 heteroatoms. The fourth-order valence-corrected chi connectivity index (χ4v) is 2.12. The van der Waals surface area contributed by atoms with Gasteiger partial charge >= 0.3 is 5.97 Å². The van der Waals surface area contributed by atoms with Crippen molar-refractivity contribution in [2.75, 3.05) is 11.9 Å². The Kier molecular flexibility index (Phi) is 5.65. The zero-order valence-corrected chi connectivity index (χ0v) is 13.4. The Balaban J connectivity index is 2.00. The molecule has 1 amide bonds. The second-order valence-corrected chi connectivity index (χ2v) is 5.29. The second-order valence-electron chi connectivity index (χ2n) is 4.85. The van der Waals surface area contributed by atoms with E-state index in [1.54, 1.807) is 24.3 Å². The summed E-state index contributed by atoms with van der Waals surface area (Å²) in [6.45, 7) is 0.740. The van der Waals surface area contributed by atoms with Crippen molar-refractivity contribution in [3.8, 4) is 0 Å². The summed E-state index contributed by atoms with van der Waals surface area (Å²) in [6.07, 6.45) is 0. The lowest BCUT2D eigenvalue weighted by Gasteiger charge is -2.09. The summed E-state index contributed by atoms with van der Waals surface area (Å²) < 4.78 is 18.3. The molecule has 0 saturated carbocycles. The van der Waals surface area contributed by atoms with Crippen LogP contribution in [0, 0.1) is 5.82 Å². The van der Waals surface area contributed by atoms with Crippen LogP contribution in [-0.4, -0.2) is 24.3 Å². The number of para-hydroxylation sites is 1. The van der Waals surface area contributed by atoms with Crippen molar-refractivity contribution in [2.45, 2.75) is 6.92 Å². The number of rotatable bonds is 5. The highest BCUT2D eigenvalue weighted by Gasteiger charge is 2.16. The van der Waals surface area contributed by atoms with Gasteiger partial charge < -0.3 is 10.1 Å². The summed E-state index contributed by atoms with van der Waals surface area (Å²) in [5.74, 6) is -2.68. The van der Waals surface area contributed by atoms with E-state index in [9.17, 15) is 18.8 Å². The number of esters is 1. The number of carbonyl (C=O) groups excluding carboxylic acids is 3. The Hall–Kier alpha value is -2.73. The Morgan fingerprint density at radius 3 is 2.54 bits per heavy atom. The van der Waals surface area contributed by atoms with E-state index in [0.29, 0.717) is 11.3 Å². The molecule has 0 fully saturated rings. The summed E-state index contributed by atoms with van der Waals surface area (Å²) in [7, 11) is 0. The molecule has 0 bridgehead atoms. The predicted octanol–water partition coefficient (Wildman–Crippen LogP) is 3.48. The van der Waals surface area contributed by atoms with Gasteiger partial charge in [0.05, 0.1) is 11.3 Å². The van der Waals surface area contributed by atoms with Crippen molar-refractivity contribution in [1.82, 2.24) is 0 Å². The molecule has 0 aliphatic rings. The van der Waals surface area contributed by atoms with Gasteiger partial charge in [0, 0.05) is 10.6 Å². The van der Waals surface area contributed by atoms with Crippen LogP contribution in [0.3, 0.4) is 0 Å². The third-order valence-electron chi connectivity index (χ3n) is 3.06. The van der Waals surface area contributed by atoms with Gasteiger partial charge in [0.25, 0.3) is 5.91 Å². The number of nitrogens with one attached hydrogen (secondary N) is 1. The predicted molar refractivity (Wildman–Crippen MR) is 86.8 cm³/mol. The average molecular weight is 350 g/mol. The van der Waals surface area contributed by atoms with Crippen molar-refractivity contribution in [3.63, 3.8) is 0 Å². The highest BCUT2D eigenvalue weighted by molar-refractivity contribution is 6.30. The molecule has 0 aliphatic heterocycles. The smallest absolute Gasteiger partial charge is 0.341 e. The van der Waals surface area contributed by atoms with Gasteiger partial charge in [-0.05, 0) is 37.3 Å². The van der Waals surface area contributed by atoms with Crippen molar-refractivity contribution < 1.29 is 23.5 Å². The highest BCUT2D eigenvalue weighted by Crippen LogP contribution is 2.17. The fourth-order valence-electron chi connectivity index (χ4n) is 1.95. The molecule has 24 heavy (non-hydrogen) atoms. The van der Waals surface area contributed by atoms with Gasteiger partial charge in [-0.2, -0.15) is 0 Å². The zero-order valence-electron chi connectivity index (χ0n) is 12.6. The number of benzene rings is 2. The van der Waals surface area contributed by atoms with Gasteiger partial charge in [-0.3, -0.25) is 9.59 Å². The maximum Gasteiger partial charge on any atom is 0.341 e. The van der Waals surface area contributed by atoms with E-state index in [-0.39, 0.29) is 16.4 Å². The topological polar surface area (TPSA) is 72.5 Å². The molecule has 2 rings (SSSR count). The van der Waals surface area contributed by atoms with E-state index in [1.807, 2.05) is 0 Å². The first kappa shape index (κ1) is 17.6. The monoisotopic (exact) mass is 349 g/mol. The first-order chi connectivity index (χ1) is 11.4. The van der Waals surface area contributed by atoms with E-state index in [4.69, 9.17) is 16.3 Å². The minimum atomic E-state index is -1.01. The van der Waals surface area contributed by atoms with E-state index in [2.05, 4.69) is 5.32 Å². The van der Waals surface area contributed by atoms with Crippen LogP contribution in [0.15, 0.2) is 42.5 Å². The Bertz CT molecular complexity index is 807. The van der Waals surface area contributed by atoms with Crippen LogP contribution in [0.2, 0.25) is 5.02 Å². The molecule has 0 atom stereocenters. The largest absolute Gasteiger partial charge is 0.452 e. The summed E-state index contributed by atoms with van der Waals surface area (Å²) >= 11 is 5.69. The summed E-state index contributed by atoms with van der Waals surface area (Å²) in [5, 5.41) is 2.64. The number of ketones is 1. The molecule has 2 aromatic rings. The lowest BCUT2D eigenvalue weighted by Crippen LogP contribution is -2.22. The molecule has 124 valence electrons. The molecule has 0 unspecified atom stereocenters. The van der Waals surface area contributed by atoms with Crippen LogP contribution >= 0.6 is 11.6 Å². The van der Waals surface area contributed by atoms with Crippen LogP contribution < -0.4 is 5.32 Å². The number of Topliss-reactive ketones (excluding diaryl/α,β-unsaturated/α-hetero) is 1. The van der Waals surface area contributed by atoms with Gasteiger partial charge in [0.15, 0.2) is 12.4 Å². The fraction of sp³-hybridized carbons (Fsp3) is 0.118. The first-order valence-corrected chi connectivity index (χ1v) is 7.28. The molecule has 0 spiro atoms. The Morgan fingerprint density at radius 2 is 1.83 bits per heavy atom. The number of halogens is 2. The van der Waals surface area contributed by atoms with Crippen LogP contribution in [0.1, 0.15) is 27.6 Å². The maximum atomic E-state index is 13.5.